The van der Waals surface area contributed by atoms with E-state index in [9.17, 15) is 4.79 Å². The smallest absolute Gasteiger partial charge is 0.270 e. The van der Waals surface area contributed by atoms with E-state index in [4.69, 9.17) is 12.2 Å². The molecule has 0 radical (unpaired) electrons. The predicted molar refractivity (Wildman–Crippen MR) is 94.0 cm³/mol. The van der Waals surface area contributed by atoms with Crippen molar-refractivity contribution in [1.82, 2.24) is 16.2 Å². The monoisotopic (exact) mass is 337 g/mol. The summed E-state index contributed by atoms with van der Waals surface area (Å²) in [4.78, 5) is 13.3. The van der Waals surface area contributed by atoms with E-state index in [2.05, 4.69) is 30.0 Å². The first-order valence-electron chi connectivity index (χ1n) is 7.98. The van der Waals surface area contributed by atoms with Gasteiger partial charge in [-0.2, -0.15) is 0 Å². The van der Waals surface area contributed by atoms with E-state index < -0.39 is 0 Å². The van der Waals surface area contributed by atoms with Crippen molar-refractivity contribution in [3.05, 3.63) is 21.9 Å². The second kappa shape index (κ2) is 6.54. The third-order valence-electron chi connectivity index (χ3n) is 4.80. The van der Waals surface area contributed by atoms with Crippen molar-refractivity contribution in [2.24, 2.45) is 11.8 Å². The van der Waals surface area contributed by atoms with Gasteiger partial charge in [-0.05, 0) is 55.3 Å². The quantitative estimate of drug-likeness (QED) is 0.586. The summed E-state index contributed by atoms with van der Waals surface area (Å²) >= 11 is 6.90. The molecule has 0 aromatic carbocycles. The standard InChI is InChI=1S/C16H23N3OS2/c1-9(2)14-7-12(8-22-14)15(20)18-19-16(21)17-13-6-10-3-4-11(13)5-10/h7-11,13H,3-6H2,1-2H3,(H,18,20)(H2,17,19,21)/t10-,11-,13+/m1/s1. The van der Waals surface area contributed by atoms with Crippen molar-refractivity contribution in [3.8, 4) is 0 Å². The number of thiophene rings is 1. The highest BCUT2D eigenvalue weighted by Gasteiger charge is 2.39. The first-order valence-corrected chi connectivity index (χ1v) is 9.27. The first kappa shape index (κ1) is 15.7. The number of amides is 1. The maximum atomic E-state index is 12.1. The SMILES string of the molecule is CC(C)c1cc(C(=O)NNC(=S)N[C@H]2C[C@@H]3CC[C@@H]2C3)cs1. The molecular formula is C16H23N3OS2. The van der Waals surface area contributed by atoms with Crippen molar-refractivity contribution in [3.63, 3.8) is 0 Å². The van der Waals surface area contributed by atoms with Crippen LogP contribution >= 0.6 is 23.6 Å². The van der Waals surface area contributed by atoms with Crippen LogP contribution < -0.4 is 16.2 Å². The average molecular weight is 338 g/mol. The second-order valence-electron chi connectivity index (χ2n) is 6.73. The lowest BCUT2D eigenvalue weighted by Crippen LogP contribution is -2.50. The number of thiocarbonyl (C=S) groups is 1. The van der Waals surface area contributed by atoms with Gasteiger partial charge in [0.15, 0.2) is 5.11 Å². The molecule has 3 rings (SSSR count). The maximum Gasteiger partial charge on any atom is 0.270 e. The van der Waals surface area contributed by atoms with Crippen molar-refractivity contribution in [2.75, 3.05) is 0 Å². The molecule has 2 bridgehead atoms. The van der Waals surface area contributed by atoms with Gasteiger partial charge < -0.3 is 5.32 Å². The highest BCUT2D eigenvalue weighted by molar-refractivity contribution is 7.80. The summed E-state index contributed by atoms with van der Waals surface area (Å²) in [5, 5.41) is 5.76. The molecule has 0 spiro atoms. The van der Waals surface area contributed by atoms with Gasteiger partial charge in [0.25, 0.3) is 5.91 Å². The van der Waals surface area contributed by atoms with E-state index in [1.165, 1.54) is 30.6 Å². The number of hydrogen-bond donors (Lipinski definition) is 3. The van der Waals surface area contributed by atoms with Gasteiger partial charge in [-0.1, -0.05) is 20.3 Å². The summed E-state index contributed by atoms with van der Waals surface area (Å²) in [6, 6.07) is 2.42. The van der Waals surface area contributed by atoms with Crippen LogP contribution in [0, 0.1) is 11.8 Å². The fourth-order valence-electron chi connectivity index (χ4n) is 3.59. The van der Waals surface area contributed by atoms with Crippen LogP contribution in [0.25, 0.3) is 0 Å². The zero-order chi connectivity index (χ0) is 15.7. The first-order chi connectivity index (χ1) is 10.5. The Morgan fingerprint density at radius 2 is 2.14 bits per heavy atom. The van der Waals surface area contributed by atoms with Crippen LogP contribution in [0.3, 0.4) is 0 Å². The van der Waals surface area contributed by atoms with Gasteiger partial charge in [-0.15, -0.1) is 11.3 Å². The molecule has 0 saturated heterocycles. The van der Waals surface area contributed by atoms with Crippen LogP contribution in [0.1, 0.15) is 60.7 Å². The summed E-state index contributed by atoms with van der Waals surface area (Å²) in [6.45, 7) is 4.25. The lowest BCUT2D eigenvalue weighted by atomic mass is 9.96. The van der Waals surface area contributed by atoms with E-state index in [-0.39, 0.29) is 5.91 Å². The van der Waals surface area contributed by atoms with Crippen molar-refractivity contribution in [1.29, 1.82) is 0 Å². The molecule has 3 atom stereocenters. The highest BCUT2D eigenvalue weighted by Crippen LogP contribution is 2.44. The van der Waals surface area contributed by atoms with E-state index in [1.54, 1.807) is 11.3 Å². The van der Waals surface area contributed by atoms with Crippen LogP contribution in [0.5, 0.6) is 0 Å². The topological polar surface area (TPSA) is 53.2 Å². The lowest BCUT2D eigenvalue weighted by molar-refractivity contribution is 0.0944. The number of hydrazine groups is 1. The number of hydrogen-bond acceptors (Lipinski definition) is 3. The normalized spacial score (nSPS) is 26.2. The zero-order valence-electron chi connectivity index (χ0n) is 13.0. The fraction of sp³-hybridized carbons (Fsp3) is 0.625. The third kappa shape index (κ3) is 3.43. The van der Waals surface area contributed by atoms with E-state index in [1.807, 2.05) is 11.4 Å². The van der Waals surface area contributed by atoms with Crippen LogP contribution in [-0.2, 0) is 0 Å². The molecule has 2 saturated carbocycles. The van der Waals surface area contributed by atoms with Gasteiger partial charge in [-0.3, -0.25) is 15.6 Å². The van der Waals surface area contributed by atoms with Gasteiger partial charge in [0, 0.05) is 16.3 Å². The maximum absolute atomic E-state index is 12.1. The molecule has 1 amide bonds. The number of fused-ring (bicyclic) bond motifs is 2. The minimum absolute atomic E-state index is 0.139. The highest BCUT2D eigenvalue weighted by atomic mass is 32.1. The van der Waals surface area contributed by atoms with E-state index in [0.29, 0.717) is 22.6 Å². The molecule has 120 valence electrons. The van der Waals surface area contributed by atoms with E-state index >= 15 is 0 Å². The zero-order valence-corrected chi connectivity index (χ0v) is 14.7. The number of rotatable bonds is 3. The van der Waals surface area contributed by atoms with E-state index in [0.717, 1.165) is 11.8 Å². The predicted octanol–water partition coefficient (Wildman–Crippen LogP) is 3.17. The Bertz CT molecular complexity index is 569. The van der Waals surface area contributed by atoms with Gasteiger partial charge in [-0.25, -0.2) is 0 Å². The summed E-state index contributed by atoms with van der Waals surface area (Å²) in [5.74, 6) is 1.94. The molecule has 6 heteroatoms. The number of carbonyl (C=O) groups is 1. The summed E-state index contributed by atoms with van der Waals surface area (Å²) < 4.78 is 0. The molecule has 22 heavy (non-hydrogen) atoms. The van der Waals surface area contributed by atoms with Gasteiger partial charge in [0.1, 0.15) is 0 Å². The van der Waals surface area contributed by atoms with Crippen LogP contribution in [0.4, 0.5) is 0 Å². The minimum Gasteiger partial charge on any atom is -0.358 e. The minimum atomic E-state index is -0.139. The molecular weight excluding hydrogens is 314 g/mol. The van der Waals surface area contributed by atoms with Crippen molar-refractivity contribution < 1.29 is 4.79 Å². The third-order valence-corrected chi connectivity index (χ3v) is 6.25. The molecule has 2 fully saturated rings. The molecule has 0 aliphatic heterocycles. The molecule has 1 aromatic heterocycles. The Morgan fingerprint density at radius 1 is 1.32 bits per heavy atom. The average Bonchev–Trinajstić information content (AvgIpc) is 3.20. The lowest BCUT2D eigenvalue weighted by Gasteiger charge is -2.24. The summed E-state index contributed by atoms with van der Waals surface area (Å²) in [7, 11) is 0. The molecule has 2 aliphatic rings. The van der Waals surface area contributed by atoms with Crippen LogP contribution in [-0.4, -0.2) is 17.1 Å². The second-order valence-corrected chi connectivity index (χ2v) is 8.08. The van der Waals surface area contributed by atoms with Crippen LogP contribution in [0.2, 0.25) is 0 Å². The summed E-state index contributed by atoms with van der Waals surface area (Å²) in [6.07, 6.45) is 5.22. The van der Waals surface area contributed by atoms with Crippen molar-refractivity contribution >= 4 is 34.6 Å². The fourth-order valence-corrected chi connectivity index (χ4v) is 4.69. The van der Waals surface area contributed by atoms with Gasteiger partial charge in [0.2, 0.25) is 0 Å². The Labute approximate surface area is 141 Å². The Balaban J connectivity index is 1.45. The number of nitrogens with one attached hydrogen (secondary N) is 3. The van der Waals surface area contributed by atoms with Crippen LogP contribution in [0.15, 0.2) is 11.4 Å². The Morgan fingerprint density at radius 3 is 2.73 bits per heavy atom. The molecule has 2 aliphatic carbocycles. The van der Waals surface area contributed by atoms with Crippen molar-refractivity contribution in [2.45, 2.75) is 51.5 Å². The Hall–Kier alpha value is -1.14. The van der Waals surface area contributed by atoms with Gasteiger partial charge in [0.05, 0.1) is 5.56 Å². The van der Waals surface area contributed by atoms with Gasteiger partial charge >= 0.3 is 0 Å². The molecule has 0 unspecified atom stereocenters. The number of carbonyl (C=O) groups excluding carboxylic acids is 1. The molecule has 3 N–H and O–H groups in total. The molecule has 1 aromatic rings. The molecule has 4 nitrogen and oxygen atoms in total. The molecule has 1 heterocycles. The largest absolute Gasteiger partial charge is 0.358 e. The Kier molecular flexibility index (Phi) is 4.68. The summed E-state index contributed by atoms with van der Waals surface area (Å²) in [5.41, 5.74) is 6.20.